The van der Waals surface area contributed by atoms with Crippen LogP contribution in [0.5, 0.6) is 0 Å². The first-order valence-corrected chi connectivity index (χ1v) is 14.2. The van der Waals surface area contributed by atoms with Gasteiger partial charge in [-0.2, -0.15) is 0 Å². The monoisotopic (exact) mass is 470 g/mol. The molecule has 1 fully saturated rings. The van der Waals surface area contributed by atoms with Crippen molar-refractivity contribution in [3.05, 3.63) is 52.2 Å². The second kappa shape index (κ2) is 9.08. The molecule has 2 aromatic rings. The van der Waals surface area contributed by atoms with Gasteiger partial charge >= 0.3 is 0 Å². The van der Waals surface area contributed by atoms with Gasteiger partial charge in [-0.05, 0) is 49.2 Å². The summed E-state index contributed by atoms with van der Waals surface area (Å²) in [7, 11) is -3.29. The summed E-state index contributed by atoms with van der Waals surface area (Å²) in [6, 6.07) is 10.2. The fraction of sp³-hybridized carbons (Fsp3) is 0.524. The van der Waals surface area contributed by atoms with Crippen LogP contribution in [0.3, 0.4) is 0 Å². The fourth-order valence-corrected chi connectivity index (χ4v) is 9.45. The second-order valence-electron chi connectivity index (χ2n) is 8.39. The Hall–Kier alpha value is -1.26. The molecular weight excluding hydrogens is 440 g/mol. The Morgan fingerprint density at radius 2 is 1.80 bits per heavy atom. The van der Waals surface area contributed by atoms with Gasteiger partial charge in [-0.25, -0.2) is 16.8 Å². The van der Waals surface area contributed by atoms with Crippen LogP contribution >= 0.6 is 11.3 Å². The van der Waals surface area contributed by atoms with Crippen LogP contribution in [0.15, 0.2) is 46.7 Å². The maximum atomic E-state index is 13.3. The number of hydrogen-bond donors (Lipinski definition) is 1. The van der Waals surface area contributed by atoms with E-state index in [1.165, 1.54) is 0 Å². The highest BCUT2D eigenvalue weighted by Gasteiger charge is 2.45. The van der Waals surface area contributed by atoms with Crippen molar-refractivity contribution in [1.29, 1.82) is 0 Å². The summed E-state index contributed by atoms with van der Waals surface area (Å²) in [4.78, 5) is 3.39. The van der Waals surface area contributed by atoms with Crippen LogP contribution < -0.4 is 5.32 Å². The molecular formula is C21H30N2O4S3. The van der Waals surface area contributed by atoms with E-state index in [0.717, 1.165) is 10.4 Å². The second-order valence-corrected chi connectivity index (χ2v) is 13.7. The Balaban J connectivity index is 1.83. The van der Waals surface area contributed by atoms with E-state index in [2.05, 4.69) is 10.2 Å². The standard InChI is InChI=1S/C21H30N2O4S3/c1-15(2)16-7-9-17(10-8-16)30(26,27)21-14-29(24,25)13-18(21)22-12-19(23(3)4)20-6-5-11-28-20/h5-11,15,18-19,21-22H,12-14H2,1-4H3/t18-,19?,21-/m0/s1. The van der Waals surface area contributed by atoms with Crippen molar-refractivity contribution in [2.45, 2.75) is 42.0 Å². The lowest BCUT2D eigenvalue weighted by Gasteiger charge is -2.27. The number of nitrogens with zero attached hydrogens (tertiary/aromatic N) is 1. The van der Waals surface area contributed by atoms with E-state index in [1.54, 1.807) is 23.5 Å². The van der Waals surface area contributed by atoms with Gasteiger partial charge in [-0.15, -0.1) is 11.3 Å². The molecule has 1 unspecified atom stereocenters. The van der Waals surface area contributed by atoms with Gasteiger partial charge in [0.2, 0.25) is 0 Å². The molecule has 1 saturated heterocycles. The summed E-state index contributed by atoms with van der Waals surface area (Å²) in [5, 5.41) is 4.28. The molecule has 0 radical (unpaired) electrons. The third-order valence-corrected chi connectivity index (χ3v) is 10.8. The fourth-order valence-electron chi connectivity index (χ4n) is 3.81. The van der Waals surface area contributed by atoms with Gasteiger partial charge in [-0.3, -0.25) is 0 Å². The van der Waals surface area contributed by atoms with E-state index >= 15 is 0 Å². The highest BCUT2D eigenvalue weighted by atomic mass is 32.2. The van der Waals surface area contributed by atoms with Gasteiger partial charge < -0.3 is 10.2 Å². The summed E-state index contributed by atoms with van der Waals surface area (Å²) in [6.45, 7) is 4.57. The summed E-state index contributed by atoms with van der Waals surface area (Å²) in [6.07, 6.45) is 0. The van der Waals surface area contributed by atoms with Crippen LogP contribution in [0.25, 0.3) is 0 Å². The number of hydrogen-bond acceptors (Lipinski definition) is 7. The summed E-state index contributed by atoms with van der Waals surface area (Å²) in [5.74, 6) is -0.209. The number of benzene rings is 1. The maximum absolute atomic E-state index is 13.3. The quantitative estimate of drug-likeness (QED) is 0.639. The zero-order chi connectivity index (χ0) is 22.1. The molecule has 2 heterocycles. The number of thiophene rings is 1. The van der Waals surface area contributed by atoms with Crippen LogP contribution in [-0.4, -0.2) is 65.2 Å². The van der Waals surface area contributed by atoms with Crippen molar-refractivity contribution in [3.63, 3.8) is 0 Å². The highest BCUT2D eigenvalue weighted by Crippen LogP contribution is 2.28. The van der Waals surface area contributed by atoms with E-state index in [9.17, 15) is 16.8 Å². The molecule has 1 aromatic heterocycles. The van der Waals surface area contributed by atoms with Crippen LogP contribution in [0, 0.1) is 0 Å². The number of nitrogens with one attached hydrogen (secondary N) is 1. The molecule has 9 heteroatoms. The van der Waals surface area contributed by atoms with Crippen LogP contribution in [-0.2, 0) is 19.7 Å². The zero-order valence-electron chi connectivity index (χ0n) is 17.8. The van der Waals surface area contributed by atoms with Crippen LogP contribution in [0.1, 0.15) is 36.2 Å². The summed E-state index contributed by atoms with van der Waals surface area (Å²) < 4.78 is 51.4. The molecule has 1 aromatic carbocycles. The van der Waals surface area contributed by atoms with E-state index < -0.39 is 31.0 Å². The van der Waals surface area contributed by atoms with Crippen molar-refractivity contribution < 1.29 is 16.8 Å². The molecule has 1 N–H and O–H groups in total. The van der Waals surface area contributed by atoms with Crippen molar-refractivity contribution in [2.24, 2.45) is 0 Å². The number of rotatable bonds is 8. The van der Waals surface area contributed by atoms with Gasteiger partial charge in [-0.1, -0.05) is 32.0 Å². The molecule has 3 rings (SSSR count). The molecule has 1 aliphatic heterocycles. The Labute approximate surface area is 184 Å². The first kappa shape index (κ1) is 23.4. The minimum absolute atomic E-state index is 0.0435. The molecule has 6 nitrogen and oxygen atoms in total. The molecule has 30 heavy (non-hydrogen) atoms. The predicted molar refractivity (Wildman–Crippen MR) is 123 cm³/mol. The largest absolute Gasteiger partial charge is 0.310 e. The Bertz CT molecular complexity index is 1040. The normalized spacial score (nSPS) is 22.6. The SMILES string of the molecule is CC(C)c1ccc(S(=O)(=O)[C@H]2CS(=O)(=O)C[C@@H]2NCC(c2cccs2)N(C)C)cc1. The van der Waals surface area contributed by atoms with Gasteiger partial charge in [0.05, 0.1) is 27.7 Å². The predicted octanol–water partition coefficient (Wildman–Crippen LogP) is 2.70. The number of likely N-dealkylation sites (N-methyl/N-ethyl adjacent to an activating group) is 1. The Morgan fingerprint density at radius 1 is 1.13 bits per heavy atom. The van der Waals surface area contributed by atoms with E-state index in [1.807, 2.05) is 57.6 Å². The van der Waals surface area contributed by atoms with Gasteiger partial charge in [0, 0.05) is 17.5 Å². The van der Waals surface area contributed by atoms with Crippen molar-refractivity contribution in [2.75, 3.05) is 32.1 Å². The summed E-state index contributed by atoms with van der Waals surface area (Å²) in [5.41, 5.74) is 1.05. The van der Waals surface area contributed by atoms with E-state index in [4.69, 9.17) is 0 Å². The molecule has 1 aliphatic rings. The molecule has 0 saturated carbocycles. The van der Waals surface area contributed by atoms with Gasteiger partial charge in [0.1, 0.15) is 0 Å². The van der Waals surface area contributed by atoms with Crippen molar-refractivity contribution in [1.82, 2.24) is 10.2 Å². The first-order valence-electron chi connectivity index (χ1n) is 9.99. The maximum Gasteiger partial charge on any atom is 0.183 e. The van der Waals surface area contributed by atoms with E-state index in [-0.39, 0.29) is 22.4 Å². The molecule has 0 bridgehead atoms. The van der Waals surface area contributed by atoms with Gasteiger partial charge in [0.15, 0.2) is 19.7 Å². The minimum Gasteiger partial charge on any atom is -0.310 e. The summed E-state index contributed by atoms with van der Waals surface area (Å²) >= 11 is 1.63. The van der Waals surface area contributed by atoms with E-state index in [0.29, 0.717) is 12.5 Å². The lowest BCUT2D eigenvalue weighted by Crippen LogP contribution is -2.46. The van der Waals surface area contributed by atoms with Crippen molar-refractivity contribution >= 4 is 31.0 Å². The van der Waals surface area contributed by atoms with Gasteiger partial charge in [0.25, 0.3) is 0 Å². The molecule has 166 valence electrons. The highest BCUT2D eigenvalue weighted by molar-refractivity contribution is 7.96. The van der Waals surface area contributed by atoms with Crippen molar-refractivity contribution in [3.8, 4) is 0 Å². The molecule has 0 aliphatic carbocycles. The lowest BCUT2D eigenvalue weighted by molar-refractivity contribution is 0.285. The topological polar surface area (TPSA) is 83.5 Å². The third-order valence-electron chi connectivity index (χ3n) is 5.64. The average molecular weight is 471 g/mol. The zero-order valence-corrected chi connectivity index (χ0v) is 20.2. The molecule has 0 spiro atoms. The van der Waals surface area contributed by atoms with Crippen LogP contribution in [0.4, 0.5) is 0 Å². The minimum atomic E-state index is -3.78. The Morgan fingerprint density at radius 3 is 2.33 bits per heavy atom. The average Bonchev–Trinajstić information content (AvgIpc) is 3.29. The molecule has 0 amide bonds. The smallest absolute Gasteiger partial charge is 0.183 e. The Kier molecular flexibility index (Phi) is 7.08. The first-order chi connectivity index (χ1) is 14.0. The lowest BCUT2D eigenvalue weighted by atomic mass is 10.0. The third kappa shape index (κ3) is 5.13. The number of sulfone groups is 2. The molecule has 3 atom stereocenters. The van der Waals surface area contributed by atoms with Crippen LogP contribution in [0.2, 0.25) is 0 Å².